The van der Waals surface area contributed by atoms with E-state index in [0.29, 0.717) is 30.5 Å². The van der Waals surface area contributed by atoms with Gasteiger partial charge in [0.2, 0.25) is 0 Å². The summed E-state index contributed by atoms with van der Waals surface area (Å²) in [6.07, 6.45) is 1.61. The minimum atomic E-state index is -0.112. The van der Waals surface area contributed by atoms with Gasteiger partial charge in [-0.1, -0.05) is 6.07 Å². The molecular weight excluding hydrogens is 247 g/mol. The predicted molar refractivity (Wildman–Crippen MR) is 66.3 cm³/mol. The molecule has 0 aliphatic carbocycles. The molecule has 0 aliphatic heterocycles. The van der Waals surface area contributed by atoms with Crippen molar-refractivity contribution < 1.29 is 4.79 Å². The Balaban J connectivity index is 2.85. The summed E-state index contributed by atoms with van der Waals surface area (Å²) in [7, 11) is 0. The fourth-order valence-corrected chi connectivity index (χ4v) is 1.79. The van der Waals surface area contributed by atoms with Gasteiger partial charge in [0, 0.05) is 31.0 Å². The van der Waals surface area contributed by atoms with Crippen LogP contribution in [0.4, 0.5) is 0 Å². The Hall–Kier alpha value is -0.800. The van der Waals surface area contributed by atoms with E-state index in [4.69, 9.17) is 23.2 Å². The Kier molecular flexibility index (Phi) is 5.56. The summed E-state index contributed by atoms with van der Waals surface area (Å²) in [5.41, 5.74) is 1.33. The van der Waals surface area contributed by atoms with E-state index >= 15 is 0 Å². The van der Waals surface area contributed by atoms with Crippen molar-refractivity contribution in [2.75, 3.05) is 24.8 Å². The number of amides is 1. The van der Waals surface area contributed by atoms with Crippen LogP contribution in [0.15, 0.2) is 18.3 Å². The van der Waals surface area contributed by atoms with Gasteiger partial charge in [0.1, 0.15) is 5.69 Å². The van der Waals surface area contributed by atoms with Crippen LogP contribution >= 0.6 is 23.2 Å². The van der Waals surface area contributed by atoms with Crippen molar-refractivity contribution in [1.29, 1.82) is 0 Å². The molecule has 0 saturated heterocycles. The molecule has 1 aromatic heterocycles. The fraction of sp³-hybridized carbons (Fsp3) is 0.455. The van der Waals surface area contributed by atoms with E-state index in [2.05, 4.69) is 4.98 Å². The van der Waals surface area contributed by atoms with E-state index in [1.807, 2.05) is 13.0 Å². The first kappa shape index (κ1) is 13.3. The highest BCUT2D eigenvalue weighted by atomic mass is 35.5. The Morgan fingerprint density at radius 1 is 1.38 bits per heavy atom. The first-order chi connectivity index (χ1) is 7.70. The van der Waals surface area contributed by atoms with Crippen LogP contribution in [0.1, 0.15) is 16.1 Å². The van der Waals surface area contributed by atoms with Crippen LogP contribution < -0.4 is 0 Å². The van der Waals surface area contributed by atoms with Gasteiger partial charge in [0.25, 0.3) is 5.91 Å². The van der Waals surface area contributed by atoms with Gasteiger partial charge in [0.05, 0.1) is 0 Å². The summed E-state index contributed by atoms with van der Waals surface area (Å²) in [5, 5.41) is 0. The minimum Gasteiger partial charge on any atom is -0.335 e. The Morgan fingerprint density at radius 2 is 2.00 bits per heavy atom. The van der Waals surface area contributed by atoms with E-state index in [0.717, 1.165) is 5.56 Å². The maximum Gasteiger partial charge on any atom is 0.272 e. The lowest BCUT2D eigenvalue weighted by atomic mass is 10.2. The normalized spacial score (nSPS) is 10.2. The van der Waals surface area contributed by atoms with Gasteiger partial charge in [0.15, 0.2) is 0 Å². The van der Waals surface area contributed by atoms with Crippen molar-refractivity contribution in [2.45, 2.75) is 6.92 Å². The molecule has 5 heteroatoms. The lowest BCUT2D eigenvalue weighted by molar-refractivity contribution is 0.0768. The van der Waals surface area contributed by atoms with Crippen molar-refractivity contribution in [3.8, 4) is 0 Å². The maximum absolute atomic E-state index is 12.1. The van der Waals surface area contributed by atoms with Crippen LogP contribution in [0.5, 0.6) is 0 Å². The van der Waals surface area contributed by atoms with E-state index in [1.165, 1.54) is 0 Å². The Bertz CT molecular complexity index is 352. The third kappa shape index (κ3) is 3.35. The molecule has 0 aromatic carbocycles. The highest BCUT2D eigenvalue weighted by molar-refractivity contribution is 6.18. The quantitative estimate of drug-likeness (QED) is 0.762. The minimum absolute atomic E-state index is 0.112. The molecule has 0 fully saturated rings. The second kappa shape index (κ2) is 6.71. The highest BCUT2D eigenvalue weighted by Crippen LogP contribution is 2.07. The number of halogens is 2. The molecule has 0 N–H and O–H groups in total. The molecule has 0 bridgehead atoms. The average molecular weight is 261 g/mol. The number of pyridine rings is 1. The van der Waals surface area contributed by atoms with Gasteiger partial charge in [-0.2, -0.15) is 0 Å². The van der Waals surface area contributed by atoms with Crippen LogP contribution in [-0.2, 0) is 0 Å². The number of carbonyl (C=O) groups is 1. The molecular formula is C11H14Cl2N2O. The monoisotopic (exact) mass is 260 g/mol. The molecule has 0 radical (unpaired) electrons. The topological polar surface area (TPSA) is 33.2 Å². The maximum atomic E-state index is 12.1. The van der Waals surface area contributed by atoms with Crippen molar-refractivity contribution in [2.24, 2.45) is 0 Å². The van der Waals surface area contributed by atoms with Crippen LogP contribution in [0, 0.1) is 6.92 Å². The van der Waals surface area contributed by atoms with Crippen LogP contribution in [0.3, 0.4) is 0 Å². The highest BCUT2D eigenvalue weighted by Gasteiger charge is 2.17. The van der Waals surface area contributed by atoms with E-state index in [1.54, 1.807) is 17.2 Å². The first-order valence-corrected chi connectivity index (χ1v) is 6.10. The Morgan fingerprint density at radius 3 is 2.50 bits per heavy atom. The van der Waals surface area contributed by atoms with Gasteiger partial charge < -0.3 is 4.90 Å². The largest absolute Gasteiger partial charge is 0.335 e. The van der Waals surface area contributed by atoms with Crippen molar-refractivity contribution in [1.82, 2.24) is 9.88 Å². The number of aromatic nitrogens is 1. The summed E-state index contributed by atoms with van der Waals surface area (Å²) in [6, 6.07) is 3.67. The zero-order chi connectivity index (χ0) is 12.0. The number of aryl methyl sites for hydroxylation is 1. The summed E-state index contributed by atoms with van der Waals surface area (Å²) in [6.45, 7) is 2.84. The molecule has 0 atom stereocenters. The number of hydrogen-bond donors (Lipinski definition) is 0. The van der Waals surface area contributed by atoms with Gasteiger partial charge in [-0.3, -0.25) is 9.78 Å². The number of alkyl halides is 2. The number of hydrogen-bond acceptors (Lipinski definition) is 2. The summed E-state index contributed by atoms with van der Waals surface area (Å²) >= 11 is 11.3. The molecule has 16 heavy (non-hydrogen) atoms. The molecule has 3 nitrogen and oxygen atoms in total. The molecule has 1 amide bonds. The fourth-order valence-electron chi connectivity index (χ4n) is 1.38. The second-order valence-electron chi connectivity index (χ2n) is 3.34. The first-order valence-electron chi connectivity index (χ1n) is 5.03. The lowest BCUT2D eigenvalue weighted by Crippen LogP contribution is -2.35. The number of rotatable bonds is 5. The molecule has 1 heterocycles. The average Bonchev–Trinajstić information content (AvgIpc) is 2.28. The number of nitrogens with zero attached hydrogens (tertiary/aromatic N) is 2. The van der Waals surface area contributed by atoms with Crippen molar-refractivity contribution in [3.05, 3.63) is 29.6 Å². The second-order valence-corrected chi connectivity index (χ2v) is 4.10. The third-order valence-electron chi connectivity index (χ3n) is 2.21. The molecule has 1 aromatic rings. The molecule has 0 unspecified atom stereocenters. The standard InChI is InChI=1S/C11H14Cl2N2O/c1-9-3-2-6-14-10(9)11(16)15(7-4-12)8-5-13/h2-3,6H,4-5,7-8H2,1H3. The predicted octanol–water partition coefficient (Wildman–Crippen LogP) is 2.31. The van der Waals surface area contributed by atoms with Crippen LogP contribution in [0.2, 0.25) is 0 Å². The molecule has 88 valence electrons. The summed E-state index contributed by atoms with van der Waals surface area (Å²) in [4.78, 5) is 17.8. The van der Waals surface area contributed by atoms with Crippen molar-refractivity contribution >= 4 is 29.1 Å². The molecule has 0 aliphatic rings. The van der Waals surface area contributed by atoms with Gasteiger partial charge >= 0.3 is 0 Å². The summed E-state index contributed by atoms with van der Waals surface area (Å²) < 4.78 is 0. The van der Waals surface area contributed by atoms with Crippen LogP contribution in [0.25, 0.3) is 0 Å². The van der Waals surface area contributed by atoms with E-state index in [9.17, 15) is 4.79 Å². The third-order valence-corrected chi connectivity index (χ3v) is 2.55. The van der Waals surface area contributed by atoms with Crippen molar-refractivity contribution in [3.63, 3.8) is 0 Å². The van der Waals surface area contributed by atoms with E-state index in [-0.39, 0.29) is 5.91 Å². The molecule has 1 rings (SSSR count). The molecule has 0 spiro atoms. The summed E-state index contributed by atoms with van der Waals surface area (Å²) in [5.74, 6) is 0.683. The van der Waals surface area contributed by atoms with E-state index < -0.39 is 0 Å². The van der Waals surface area contributed by atoms with Gasteiger partial charge in [-0.25, -0.2) is 0 Å². The van der Waals surface area contributed by atoms with Gasteiger partial charge in [-0.05, 0) is 18.6 Å². The molecule has 0 saturated carbocycles. The zero-order valence-electron chi connectivity index (χ0n) is 9.12. The Labute approximate surface area is 105 Å². The zero-order valence-corrected chi connectivity index (χ0v) is 10.6. The number of carbonyl (C=O) groups excluding carboxylic acids is 1. The van der Waals surface area contributed by atoms with Crippen LogP contribution in [-0.4, -0.2) is 40.6 Å². The lowest BCUT2D eigenvalue weighted by Gasteiger charge is -2.20. The SMILES string of the molecule is Cc1cccnc1C(=O)N(CCCl)CCCl. The van der Waals surface area contributed by atoms with Gasteiger partial charge in [-0.15, -0.1) is 23.2 Å². The smallest absolute Gasteiger partial charge is 0.272 e.